The van der Waals surface area contributed by atoms with Gasteiger partial charge in [-0.2, -0.15) is 0 Å². The van der Waals surface area contributed by atoms with Crippen molar-refractivity contribution < 1.29 is 9.84 Å². The van der Waals surface area contributed by atoms with Crippen LogP contribution in [0.2, 0.25) is 0 Å². The number of aliphatic hydroxyl groups excluding tert-OH is 1. The lowest BCUT2D eigenvalue weighted by Crippen LogP contribution is -2.08. The first-order chi connectivity index (χ1) is 9.38. The topological polar surface area (TPSA) is 85.1 Å². The standard InChI is InChI=1S/C12H17N5O2/c18-10-19-7-11-6-12(16-8-15-11)14-2-1-4-17-5-3-13-9-17/h3,5-6,8-9,18H,1-2,4,7,10H2,(H,14,15,16). The molecule has 0 fully saturated rings. The van der Waals surface area contributed by atoms with Gasteiger partial charge in [-0.25, -0.2) is 15.0 Å². The number of nitrogens with one attached hydrogen (secondary N) is 1. The van der Waals surface area contributed by atoms with E-state index < -0.39 is 0 Å². The number of imidazole rings is 1. The highest BCUT2D eigenvalue weighted by Gasteiger charge is 1.99. The average Bonchev–Trinajstić information content (AvgIpc) is 2.95. The van der Waals surface area contributed by atoms with Gasteiger partial charge in [-0.1, -0.05) is 0 Å². The zero-order valence-electron chi connectivity index (χ0n) is 10.6. The summed E-state index contributed by atoms with van der Waals surface area (Å²) in [5.41, 5.74) is 0.737. The van der Waals surface area contributed by atoms with Crippen molar-refractivity contribution in [3.63, 3.8) is 0 Å². The Bertz CT molecular complexity index is 475. The first-order valence-electron chi connectivity index (χ1n) is 6.07. The fourth-order valence-corrected chi connectivity index (χ4v) is 1.62. The fourth-order valence-electron chi connectivity index (χ4n) is 1.62. The Morgan fingerprint density at radius 3 is 3.11 bits per heavy atom. The number of anilines is 1. The second-order valence-electron chi connectivity index (χ2n) is 3.95. The minimum atomic E-state index is -0.308. The van der Waals surface area contributed by atoms with Crippen molar-refractivity contribution in [1.29, 1.82) is 0 Å². The summed E-state index contributed by atoms with van der Waals surface area (Å²) in [5.74, 6) is 0.761. The number of ether oxygens (including phenoxy) is 1. The molecule has 0 amide bonds. The van der Waals surface area contributed by atoms with E-state index in [1.165, 1.54) is 6.33 Å². The molecule has 0 aliphatic carbocycles. The van der Waals surface area contributed by atoms with Gasteiger partial charge in [0.25, 0.3) is 0 Å². The van der Waals surface area contributed by atoms with E-state index in [2.05, 4.69) is 20.3 Å². The van der Waals surface area contributed by atoms with E-state index in [9.17, 15) is 0 Å². The van der Waals surface area contributed by atoms with Gasteiger partial charge in [-0.3, -0.25) is 0 Å². The summed E-state index contributed by atoms with van der Waals surface area (Å²) < 4.78 is 6.91. The highest BCUT2D eigenvalue weighted by Crippen LogP contribution is 2.05. The Hall–Kier alpha value is -1.99. The number of rotatable bonds is 8. The minimum Gasteiger partial charge on any atom is -0.371 e. The van der Waals surface area contributed by atoms with Crippen molar-refractivity contribution in [2.24, 2.45) is 0 Å². The molecular weight excluding hydrogens is 246 g/mol. The van der Waals surface area contributed by atoms with Crippen LogP contribution in [0.15, 0.2) is 31.1 Å². The maximum atomic E-state index is 8.57. The van der Waals surface area contributed by atoms with E-state index in [0.717, 1.165) is 31.0 Å². The van der Waals surface area contributed by atoms with Crippen LogP contribution in [0.4, 0.5) is 5.82 Å². The van der Waals surface area contributed by atoms with Crippen molar-refractivity contribution in [3.05, 3.63) is 36.8 Å². The van der Waals surface area contributed by atoms with Crippen molar-refractivity contribution in [2.75, 3.05) is 18.7 Å². The maximum Gasteiger partial charge on any atom is 0.144 e. The van der Waals surface area contributed by atoms with E-state index in [1.807, 2.05) is 16.8 Å². The van der Waals surface area contributed by atoms with Gasteiger partial charge in [-0.05, 0) is 6.42 Å². The molecule has 0 aliphatic heterocycles. The van der Waals surface area contributed by atoms with Gasteiger partial charge in [0.1, 0.15) is 18.9 Å². The normalized spacial score (nSPS) is 10.6. The van der Waals surface area contributed by atoms with Gasteiger partial charge in [0.2, 0.25) is 0 Å². The van der Waals surface area contributed by atoms with Gasteiger partial charge in [0, 0.05) is 31.5 Å². The molecule has 0 atom stereocenters. The molecule has 2 heterocycles. The third kappa shape index (κ3) is 4.65. The van der Waals surface area contributed by atoms with Gasteiger partial charge in [-0.15, -0.1) is 0 Å². The molecule has 0 saturated carbocycles. The fraction of sp³-hybridized carbons (Fsp3) is 0.417. The number of aromatic nitrogens is 4. The molecule has 2 N–H and O–H groups in total. The minimum absolute atomic E-state index is 0.280. The van der Waals surface area contributed by atoms with Crippen LogP contribution < -0.4 is 5.32 Å². The Balaban J connectivity index is 1.73. The van der Waals surface area contributed by atoms with Crippen LogP contribution in [0.5, 0.6) is 0 Å². The van der Waals surface area contributed by atoms with Gasteiger partial charge in [0.05, 0.1) is 18.6 Å². The van der Waals surface area contributed by atoms with E-state index in [-0.39, 0.29) is 13.4 Å². The Morgan fingerprint density at radius 1 is 1.37 bits per heavy atom. The smallest absolute Gasteiger partial charge is 0.144 e. The predicted molar refractivity (Wildman–Crippen MR) is 69.2 cm³/mol. The van der Waals surface area contributed by atoms with Crippen LogP contribution in [0.3, 0.4) is 0 Å². The molecule has 0 radical (unpaired) electrons. The van der Waals surface area contributed by atoms with Crippen molar-refractivity contribution in [2.45, 2.75) is 19.6 Å². The molecule has 7 heteroatoms. The van der Waals surface area contributed by atoms with Crippen molar-refractivity contribution in [1.82, 2.24) is 19.5 Å². The van der Waals surface area contributed by atoms with E-state index in [0.29, 0.717) is 0 Å². The number of aliphatic hydroxyl groups is 1. The molecule has 0 aromatic carbocycles. The summed E-state index contributed by atoms with van der Waals surface area (Å²) in [6.07, 6.45) is 7.96. The summed E-state index contributed by atoms with van der Waals surface area (Å²) in [5, 5.41) is 11.8. The molecule has 102 valence electrons. The van der Waals surface area contributed by atoms with Gasteiger partial charge >= 0.3 is 0 Å². The first-order valence-corrected chi connectivity index (χ1v) is 6.07. The molecule has 0 unspecified atom stereocenters. The molecule has 0 bridgehead atoms. The summed E-state index contributed by atoms with van der Waals surface area (Å²) in [7, 11) is 0. The second-order valence-corrected chi connectivity index (χ2v) is 3.95. The second kappa shape index (κ2) is 7.45. The van der Waals surface area contributed by atoms with Crippen LogP contribution in [0, 0.1) is 0 Å². The van der Waals surface area contributed by atoms with Crippen LogP contribution in [0.25, 0.3) is 0 Å². The van der Waals surface area contributed by atoms with Crippen LogP contribution >= 0.6 is 0 Å². The lowest BCUT2D eigenvalue weighted by atomic mass is 10.4. The Morgan fingerprint density at radius 2 is 2.32 bits per heavy atom. The van der Waals surface area contributed by atoms with E-state index in [4.69, 9.17) is 9.84 Å². The van der Waals surface area contributed by atoms with Crippen LogP contribution in [-0.2, 0) is 17.9 Å². The predicted octanol–water partition coefficient (Wildman–Crippen LogP) is 0.642. The molecule has 0 spiro atoms. The van der Waals surface area contributed by atoms with Crippen LogP contribution in [-0.4, -0.2) is 38.0 Å². The zero-order chi connectivity index (χ0) is 13.3. The Labute approximate surface area is 111 Å². The summed E-state index contributed by atoms with van der Waals surface area (Å²) >= 11 is 0. The van der Waals surface area contributed by atoms with Crippen LogP contribution in [0.1, 0.15) is 12.1 Å². The quantitative estimate of drug-likeness (QED) is 0.537. The van der Waals surface area contributed by atoms with Gasteiger partial charge in [0.15, 0.2) is 0 Å². The molecule has 0 saturated heterocycles. The third-order valence-electron chi connectivity index (χ3n) is 2.52. The average molecular weight is 263 g/mol. The number of hydrogen-bond acceptors (Lipinski definition) is 6. The number of aryl methyl sites for hydroxylation is 1. The lowest BCUT2D eigenvalue weighted by molar-refractivity contribution is -0.0125. The molecule has 7 nitrogen and oxygen atoms in total. The lowest BCUT2D eigenvalue weighted by Gasteiger charge is -2.07. The largest absolute Gasteiger partial charge is 0.371 e. The maximum absolute atomic E-state index is 8.57. The van der Waals surface area contributed by atoms with Crippen molar-refractivity contribution in [3.8, 4) is 0 Å². The highest BCUT2D eigenvalue weighted by atomic mass is 16.6. The molecule has 2 rings (SSSR count). The van der Waals surface area contributed by atoms with E-state index in [1.54, 1.807) is 12.5 Å². The zero-order valence-corrected chi connectivity index (χ0v) is 10.6. The monoisotopic (exact) mass is 263 g/mol. The summed E-state index contributed by atoms with van der Waals surface area (Å²) in [4.78, 5) is 12.2. The Kier molecular flexibility index (Phi) is 5.27. The van der Waals surface area contributed by atoms with Crippen molar-refractivity contribution >= 4 is 5.82 Å². The summed E-state index contributed by atoms with van der Waals surface area (Å²) in [6, 6.07) is 1.81. The molecule has 2 aromatic heterocycles. The number of nitrogens with zero attached hydrogens (tertiary/aromatic N) is 4. The van der Waals surface area contributed by atoms with Gasteiger partial charge < -0.3 is 19.7 Å². The SMILES string of the molecule is OCOCc1cc(NCCCn2ccnc2)ncn1. The first kappa shape index (κ1) is 13.4. The molecule has 19 heavy (non-hydrogen) atoms. The number of hydrogen-bond donors (Lipinski definition) is 2. The molecule has 0 aliphatic rings. The molecular formula is C12H17N5O2. The molecule has 2 aromatic rings. The third-order valence-corrected chi connectivity index (χ3v) is 2.52. The van der Waals surface area contributed by atoms with E-state index >= 15 is 0 Å². The summed E-state index contributed by atoms with van der Waals surface area (Å²) in [6.45, 7) is 1.70. The highest BCUT2D eigenvalue weighted by molar-refractivity contribution is 5.34.